The summed E-state index contributed by atoms with van der Waals surface area (Å²) in [7, 11) is 0. The molecule has 13 heavy (non-hydrogen) atoms. The molecule has 4 nitrogen and oxygen atoms in total. The normalized spacial score (nSPS) is 12.5. The third-order valence-electron chi connectivity index (χ3n) is 1.57. The quantitative estimate of drug-likeness (QED) is 0.683. The molecule has 0 aromatic heterocycles. The van der Waals surface area contributed by atoms with Crippen LogP contribution in [0.3, 0.4) is 0 Å². The van der Waals surface area contributed by atoms with Crippen LogP contribution in [0.5, 0.6) is 0 Å². The van der Waals surface area contributed by atoms with Crippen molar-refractivity contribution in [1.82, 2.24) is 0 Å². The second-order valence-electron chi connectivity index (χ2n) is 2.52. The highest BCUT2D eigenvalue weighted by molar-refractivity contribution is 9.10. The Morgan fingerprint density at radius 1 is 1.54 bits per heavy atom. The molecule has 0 heterocycles. The molecule has 0 aliphatic carbocycles. The third kappa shape index (κ3) is 2.19. The number of nitrogens with two attached hydrogens (primary N) is 1. The highest BCUT2D eigenvalue weighted by atomic mass is 79.9. The summed E-state index contributed by atoms with van der Waals surface area (Å²) < 4.78 is 0.574. The zero-order valence-electron chi connectivity index (χ0n) is 6.57. The summed E-state index contributed by atoms with van der Waals surface area (Å²) in [6.07, 6.45) is -1.50. The lowest BCUT2D eigenvalue weighted by Gasteiger charge is -2.06. The molecule has 0 aliphatic rings. The first kappa shape index (κ1) is 10.0. The van der Waals surface area contributed by atoms with Crippen molar-refractivity contribution in [2.75, 3.05) is 5.73 Å². The van der Waals surface area contributed by atoms with E-state index in [0.29, 0.717) is 15.7 Å². The van der Waals surface area contributed by atoms with Crippen molar-refractivity contribution in [2.45, 2.75) is 6.10 Å². The zero-order chi connectivity index (χ0) is 10.0. The van der Waals surface area contributed by atoms with Crippen LogP contribution >= 0.6 is 15.9 Å². The molecular formula is C8H8BrNO3. The van der Waals surface area contributed by atoms with E-state index in [0.717, 1.165) is 0 Å². The van der Waals surface area contributed by atoms with Gasteiger partial charge >= 0.3 is 5.97 Å². The molecule has 0 spiro atoms. The minimum absolute atomic E-state index is 0.300. The predicted molar refractivity (Wildman–Crippen MR) is 51.2 cm³/mol. The van der Waals surface area contributed by atoms with Crippen LogP contribution in [0.2, 0.25) is 0 Å². The Hall–Kier alpha value is -1.07. The Bertz CT molecular complexity index is 340. The van der Waals surface area contributed by atoms with Gasteiger partial charge in [-0.2, -0.15) is 0 Å². The Morgan fingerprint density at radius 3 is 2.62 bits per heavy atom. The zero-order valence-corrected chi connectivity index (χ0v) is 8.15. The predicted octanol–water partition coefficient (Wildman–Crippen LogP) is 1.15. The summed E-state index contributed by atoms with van der Waals surface area (Å²) >= 11 is 3.13. The fraction of sp³-hybridized carbons (Fsp3) is 0.125. The van der Waals surface area contributed by atoms with E-state index in [9.17, 15) is 4.79 Å². The second kappa shape index (κ2) is 3.76. The summed E-state index contributed by atoms with van der Waals surface area (Å²) in [6, 6.07) is 4.48. The molecule has 1 aromatic rings. The maximum absolute atomic E-state index is 10.4. The van der Waals surface area contributed by atoms with E-state index in [1.807, 2.05) is 0 Å². The maximum Gasteiger partial charge on any atom is 0.337 e. The Labute approximate surface area is 83.1 Å². The number of carbonyl (C=O) groups is 1. The van der Waals surface area contributed by atoms with Gasteiger partial charge in [-0.05, 0) is 33.6 Å². The van der Waals surface area contributed by atoms with E-state index in [1.54, 1.807) is 0 Å². The topological polar surface area (TPSA) is 83.5 Å². The lowest BCUT2D eigenvalue weighted by Crippen LogP contribution is -2.10. The van der Waals surface area contributed by atoms with Gasteiger partial charge in [-0.1, -0.05) is 6.07 Å². The molecular weight excluding hydrogens is 238 g/mol. The minimum Gasteiger partial charge on any atom is -0.479 e. The van der Waals surface area contributed by atoms with Gasteiger partial charge in [-0.25, -0.2) is 4.79 Å². The van der Waals surface area contributed by atoms with Gasteiger partial charge in [-0.15, -0.1) is 0 Å². The van der Waals surface area contributed by atoms with Gasteiger partial charge in [0.25, 0.3) is 0 Å². The van der Waals surface area contributed by atoms with Crippen LogP contribution in [0.4, 0.5) is 5.69 Å². The number of halogens is 1. The van der Waals surface area contributed by atoms with Crippen LogP contribution in [-0.4, -0.2) is 16.2 Å². The highest BCUT2D eigenvalue weighted by Gasteiger charge is 2.16. The summed E-state index contributed by atoms with van der Waals surface area (Å²) in [5.74, 6) is -1.28. The van der Waals surface area contributed by atoms with Gasteiger partial charge in [0.15, 0.2) is 6.10 Å². The van der Waals surface area contributed by atoms with E-state index < -0.39 is 12.1 Å². The molecule has 0 radical (unpaired) electrons. The van der Waals surface area contributed by atoms with Crippen molar-refractivity contribution in [3.8, 4) is 0 Å². The van der Waals surface area contributed by atoms with E-state index in [-0.39, 0.29) is 0 Å². The molecule has 1 atom stereocenters. The van der Waals surface area contributed by atoms with Gasteiger partial charge < -0.3 is 15.9 Å². The molecule has 0 aliphatic heterocycles. The molecule has 1 unspecified atom stereocenters. The van der Waals surface area contributed by atoms with Gasteiger partial charge in [0.05, 0.1) is 0 Å². The fourth-order valence-electron chi connectivity index (χ4n) is 0.856. The van der Waals surface area contributed by atoms with Crippen LogP contribution in [0, 0.1) is 0 Å². The van der Waals surface area contributed by atoms with E-state index >= 15 is 0 Å². The molecule has 4 N–H and O–H groups in total. The molecule has 0 saturated heterocycles. The van der Waals surface area contributed by atoms with Gasteiger partial charge in [0, 0.05) is 10.2 Å². The SMILES string of the molecule is Nc1ccc(C(O)C(=O)O)cc1Br. The van der Waals surface area contributed by atoms with E-state index in [2.05, 4.69) is 15.9 Å². The second-order valence-corrected chi connectivity index (χ2v) is 3.38. The molecule has 1 aromatic carbocycles. The van der Waals surface area contributed by atoms with Crippen molar-refractivity contribution in [2.24, 2.45) is 0 Å². The Kier molecular flexibility index (Phi) is 2.90. The average Bonchev–Trinajstić information content (AvgIpc) is 2.08. The Morgan fingerprint density at radius 2 is 2.15 bits per heavy atom. The van der Waals surface area contributed by atoms with Crippen LogP contribution in [0.15, 0.2) is 22.7 Å². The average molecular weight is 246 g/mol. The molecule has 0 fully saturated rings. The summed E-state index contributed by atoms with van der Waals surface area (Å²) in [6.45, 7) is 0. The van der Waals surface area contributed by atoms with Crippen LogP contribution in [0.25, 0.3) is 0 Å². The minimum atomic E-state index is -1.50. The number of aliphatic hydroxyl groups is 1. The number of hydrogen-bond donors (Lipinski definition) is 3. The molecule has 70 valence electrons. The monoisotopic (exact) mass is 245 g/mol. The van der Waals surface area contributed by atoms with Crippen molar-refractivity contribution >= 4 is 27.6 Å². The lowest BCUT2D eigenvalue weighted by atomic mass is 10.1. The van der Waals surface area contributed by atoms with Gasteiger partial charge in [0.1, 0.15) is 0 Å². The standard InChI is InChI=1S/C8H8BrNO3/c9-5-3-4(1-2-6(5)10)7(11)8(12)13/h1-3,7,11H,10H2,(H,12,13). The lowest BCUT2D eigenvalue weighted by molar-refractivity contribution is -0.146. The number of rotatable bonds is 2. The largest absolute Gasteiger partial charge is 0.479 e. The first-order valence-electron chi connectivity index (χ1n) is 3.48. The summed E-state index contributed by atoms with van der Waals surface area (Å²) in [5.41, 5.74) is 6.29. The Balaban J connectivity index is 3.03. The first-order chi connectivity index (χ1) is 6.02. The van der Waals surface area contributed by atoms with Crippen LogP contribution < -0.4 is 5.73 Å². The molecule has 0 bridgehead atoms. The molecule has 0 amide bonds. The van der Waals surface area contributed by atoms with Gasteiger partial charge in [0.2, 0.25) is 0 Å². The number of nitrogen functional groups attached to an aromatic ring is 1. The van der Waals surface area contributed by atoms with Crippen LogP contribution in [-0.2, 0) is 4.79 Å². The number of carboxylic acids is 1. The summed E-state index contributed by atoms with van der Waals surface area (Å²) in [5, 5.41) is 17.7. The number of hydrogen-bond acceptors (Lipinski definition) is 3. The third-order valence-corrected chi connectivity index (χ3v) is 2.26. The number of benzene rings is 1. The number of carboxylic acid groups (broad SMARTS) is 1. The van der Waals surface area contributed by atoms with Gasteiger partial charge in [-0.3, -0.25) is 0 Å². The number of anilines is 1. The van der Waals surface area contributed by atoms with E-state index in [4.69, 9.17) is 15.9 Å². The van der Waals surface area contributed by atoms with Crippen LogP contribution in [0.1, 0.15) is 11.7 Å². The first-order valence-corrected chi connectivity index (χ1v) is 4.27. The number of aliphatic hydroxyl groups excluding tert-OH is 1. The van der Waals surface area contributed by atoms with Crippen molar-refractivity contribution in [3.05, 3.63) is 28.2 Å². The number of aliphatic carboxylic acids is 1. The molecule has 1 rings (SSSR count). The smallest absolute Gasteiger partial charge is 0.337 e. The molecule has 0 saturated carbocycles. The maximum atomic E-state index is 10.4. The van der Waals surface area contributed by atoms with Crippen molar-refractivity contribution in [3.63, 3.8) is 0 Å². The molecule has 5 heteroatoms. The highest BCUT2D eigenvalue weighted by Crippen LogP contribution is 2.23. The summed E-state index contributed by atoms with van der Waals surface area (Å²) in [4.78, 5) is 10.4. The fourth-order valence-corrected chi connectivity index (χ4v) is 1.25. The van der Waals surface area contributed by atoms with Crippen molar-refractivity contribution < 1.29 is 15.0 Å². The van der Waals surface area contributed by atoms with E-state index in [1.165, 1.54) is 18.2 Å². The van der Waals surface area contributed by atoms with Crippen molar-refractivity contribution in [1.29, 1.82) is 0 Å².